The van der Waals surface area contributed by atoms with Gasteiger partial charge in [-0.1, -0.05) is 0 Å². The third kappa shape index (κ3) is 3.38. The van der Waals surface area contributed by atoms with Crippen LogP contribution in [-0.2, 0) is 11.3 Å². The summed E-state index contributed by atoms with van der Waals surface area (Å²) in [5.41, 5.74) is 1.04. The first-order valence-corrected chi connectivity index (χ1v) is 6.63. The predicted molar refractivity (Wildman–Crippen MR) is 72.8 cm³/mol. The van der Waals surface area contributed by atoms with E-state index in [9.17, 15) is 4.79 Å². The third-order valence-corrected chi connectivity index (χ3v) is 3.07. The Morgan fingerprint density at radius 3 is 3.00 bits per heavy atom. The molecule has 1 aliphatic heterocycles. The summed E-state index contributed by atoms with van der Waals surface area (Å²) in [4.78, 5) is 17.7. The van der Waals surface area contributed by atoms with Crippen LogP contribution in [0.2, 0.25) is 0 Å². The quantitative estimate of drug-likeness (QED) is 0.846. The highest BCUT2D eigenvalue weighted by Gasteiger charge is 2.26. The smallest absolute Gasteiger partial charge is 0.224 e. The fourth-order valence-corrected chi connectivity index (χ4v) is 2.33. The van der Waals surface area contributed by atoms with Crippen LogP contribution in [0.1, 0.15) is 25.8 Å². The Morgan fingerprint density at radius 2 is 2.39 bits per heavy atom. The Bertz CT molecular complexity index is 437. The molecule has 0 spiro atoms. The van der Waals surface area contributed by atoms with Gasteiger partial charge in [0.25, 0.3) is 0 Å². The molecule has 2 rings (SSSR count). The second-order valence-corrected chi connectivity index (χ2v) is 5.53. The molecule has 1 amide bonds. The van der Waals surface area contributed by atoms with E-state index in [1.807, 2.05) is 30.9 Å². The Labute approximate surface area is 113 Å². The zero-order valence-electron chi connectivity index (χ0n) is 10.7. The van der Waals surface area contributed by atoms with Crippen molar-refractivity contribution in [1.29, 1.82) is 0 Å². The summed E-state index contributed by atoms with van der Waals surface area (Å²) in [7, 11) is 0. The molecule has 0 bridgehead atoms. The van der Waals surface area contributed by atoms with Crippen molar-refractivity contribution in [2.24, 2.45) is 0 Å². The summed E-state index contributed by atoms with van der Waals surface area (Å²) < 4.78 is 5.54. The summed E-state index contributed by atoms with van der Waals surface area (Å²) in [6.45, 7) is 5.24. The molecule has 0 aliphatic carbocycles. The summed E-state index contributed by atoms with van der Waals surface area (Å²) in [5, 5.41) is 0.158. The molecule has 1 atom stereocenters. The predicted octanol–water partition coefficient (Wildman–Crippen LogP) is 1.90. The maximum absolute atomic E-state index is 11.7. The molecule has 2 heterocycles. The van der Waals surface area contributed by atoms with Crippen molar-refractivity contribution in [3.8, 4) is 5.88 Å². The molecule has 4 nitrogen and oxygen atoms in total. The maximum Gasteiger partial charge on any atom is 0.224 e. The summed E-state index contributed by atoms with van der Waals surface area (Å²) in [6.07, 6.45) is 2.35. The molecular weight excluding hydrogens is 248 g/mol. The number of hydrogen-bond donors (Lipinski definition) is 1. The Hall–Kier alpha value is -1.23. The first-order valence-electron chi connectivity index (χ1n) is 6.12. The van der Waals surface area contributed by atoms with Crippen LogP contribution in [0.25, 0.3) is 0 Å². The number of aromatic nitrogens is 1. The molecular formula is C13H18N2O2S. The number of ether oxygens (including phenoxy) is 1. The number of hydrogen-bond acceptors (Lipinski definition) is 4. The number of carbonyl (C=O) groups is 1. The molecule has 1 fully saturated rings. The van der Waals surface area contributed by atoms with Crippen LogP contribution in [0, 0.1) is 0 Å². The molecule has 0 saturated carbocycles. The molecule has 1 unspecified atom stereocenters. The van der Waals surface area contributed by atoms with Gasteiger partial charge >= 0.3 is 0 Å². The number of pyridine rings is 1. The van der Waals surface area contributed by atoms with E-state index in [-0.39, 0.29) is 17.3 Å². The lowest BCUT2D eigenvalue weighted by Gasteiger charge is -2.16. The summed E-state index contributed by atoms with van der Waals surface area (Å²) >= 11 is 4.34. The van der Waals surface area contributed by atoms with E-state index >= 15 is 0 Å². The minimum Gasteiger partial charge on any atom is -0.475 e. The van der Waals surface area contributed by atoms with E-state index in [1.165, 1.54) is 0 Å². The number of rotatable bonds is 4. The van der Waals surface area contributed by atoms with Crippen molar-refractivity contribution in [2.45, 2.75) is 38.2 Å². The van der Waals surface area contributed by atoms with Crippen LogP contribution in [0.4, 0.5) is 0 Å². The van der Waals surface area contributed by atoms with Gasteiger partial charge in [0.05, 0.1) is 6.10 Å². The highest BCUT2D eigenvalue weighted by atomic mass is 32.1. The maximum atomic E-state index is 11.7. The van der Waals surface area contributed by atoms with Crippen LogP contribution in [0.3, 0.4) is 0 Å². The Kier molecular flexibility index (Phi) is 4.11. The van der Waals surface area contributed by atoms with Crippen LogP contribution >= 0.6 is 12.6 Å². The number of nitrogens with zero attached hydrogens (tertiary/aromatic N) is 2. The molecule has 98 valence electrons. The van der Waals surface area contributed by atoms with Gasteiger partial charge in [-0.15, -0.1) is 0 Å². The van der Waals surface area contributed by atoms with Crippen LogP contribution in [0.5, 0.6) is 5.88 Å². The monoisotopic (exact) mass is 266 g/mol. The zero-order chi connectivity index (χ0) is 13.1. The van der Waals surface area contributed by atoms with Gasteiger partial charge in [-0.2, -0.15) is 12.6 Å². The second-order valence-electron chi connectivity index (χ2n) is 4.80. The molecule has 5 heteroatoms. The highest BCUT2D eigenvalue weighted by Crippen LogP contribution is 2.20. The molecule has 0 radical (unpaired) electrons. The van der Waals surface area contributed by atoms with Gasteiger partial charge in [0, 0.05) is 37.0 Å². The summed E-state index contributed by atoms with van der Waals surface area (Å²) in [5.74, 6) is 0.773. The SMILES string of the molecule is CC(C)Oc1cc(CN2CC(S)CC2=O)ccn1. The van der Waals surface area contributed by atoms with E-state index in [0.29, 0.717) is 25.4 Å². The fraction of sp³-hybridized carbons (Fsp3) is 0.538. The van der Waals surface area contributed by atoms with Crippen LogP contribution < -0.4 is 4.74 Å². The normalized spacial score (nSPS) is 19.7. The lowest BCUT2D eigenvalue weighted by atomic mass is 10.2. The number of amides is 1. The Balaban J connectivity index is 2.03. The Morgan fingerprint density at radius 1 is 1.61 bits per heavy atom. The van der Waals surface area contributed by atoms with E-state index in [1.54, 1.807) is 6.20 Å². The van der Waals surface area contributed by atoms with Gasteiger partial charge < -0.3 is 9.64 Å². The summed E-state index contributed by atoms with van der Waals surface area (Å²) in [6, 6.07) is 3.80. The van der Waals surface area contributed by atoms with Gasteiger partial charge in [0.1, 0.15) is 0 Å². The molecule has 1 saturated heterocycles. The van der Waals surface area contributed by atoms with Gasteiger partial charge in [-0.05, 0) is 25.5 Å². The first kappa shape index (κ1) is 13.2. The molecule has 1 aliphatic rings. The van der Waals surface area contributed by atoms with Crippen molar-refractivity contribution in [2.75, 3.05) is 6.54 Å². The third-order valence-electron chi connectivity index (χ3n) is 2.72. The zero-order valence-corrected chi connectivity index (χ0v) is 11.6. The second kappa shape index (κ2) is 5.61. The molecule has 18 heavy (non-hydrogen) atoms. The van der Waals surface area contributed by atoms with E-state index in [0.717, 1.165) is 5.56 Å². The average Bonchev–Trinajstić information content (AvgIpc) is 2.57. The minimum absolute atomic E-state index is 0.1000. The topological polar surface area (TPSA) is 42.4 Å². The fourth-order valence-electron chi connectivity index (χ4n) is 1.98. The van der Waals surface area contributed by atoms with E-state index in [4.69, 9.17) is 4.74 Å². The molecule has 0 aromatic carbocycles. The van der Waals surface area contributed by atoms with Crippen LogP contribution in [-0.4, -0.2) is 33.7 Å². The van der Waals surface area contributed by atoms with Gasteiger partial charge in [0.2, 0.25) is 11.8 Å². The lowest BCUT2D eigenvalue weighted by Crippen LogP contribution is -2.24. The van der Waals surface area contributed by atoms with E-state index < -0.39 is 0 Å². The first-order chi connectivity index (χ1) is 8.54. The van der Waals surface area contributed by atoms with Gasteiger partial charge in [-0.3, -0.25) is 4.79 Å². The van der Waals surface area contributed by atoms with Crippen molar-refractivity contribution in [1.82, 2.24) is 9.88 Å². The number of carbonyl (C=O) groups excluding carboxylic acids is 1. The van der Waals surface area contributed by atoms with Crippen LogP contribution in [0.15, 0.2) is 18.3 Å². The minimum atomic E-state index is 0.1000. The van der Waals surface area contributed by atoms with Crippen molar-refractivity contribution >= 4 is 18.5 Å². The largest absolute Gasteiger partial charge is 0.475 e. The standard InChI is InChI=1S/C13H18N2O2S/c1-9(2)17-12-5-10(3-4-14-12)7-15-8-11(18)6-13(15)16/h3-5,9,11,18H,6-8H2,1-2H3. The van der Waals surface area contributed by atoms with Gasteiger partial charge in [-0.25, -0.2) is 4.98 Å². The molecule has 0 N–H and O–H groups in total. The van der Waals surface area contributed by atoms with Crippen molar-refractivity contribution in [3.63, 3.8) is 0 Å². The molecule has 1 aromatic heterocycles. The highest BCUT2D eigenvalue weighted by molar-refractivity contribution is 7.81. The lowest BCUT2D eigenvalue weighted by molar-refractivity contribution is -0.128. The van der Waals surface area contributed by atoms with Crippen molar-refractivity contribution < 1.29 is 9.53 Å². The van der Waals surface area contributed by atoms with Crippen molar-refractivity contribution in [3.05, 3.63) is 23.9 Å². The number of likely N-dealkylation sites (tertiary alicyclic amines) is 1. The van der Waals surface area contributed by atoms with Gasteiger partial charge in [0.15, 0.2) is 0 Å². The van der Waals surface area contributed by atoms with E-state index in [2.05, 4.69) is 17.6 Å². The molecule has 1 aromatic rings. The average molecular weight is 266 g/mol. The number of thiol groups is 1.